The van der Waals surface area contributed by atoms with Gasteiger partial charge in [-0.15, -0.1) is 0 Å². The third kappa shape index (κ3) is 11.8. The van der Waals surface area contributed by atoms with E-state index in [0.717, 1.165) is 0 Å². The average molecular weight is 440 g/mol. The molecule has 0 aromatic heterocycles. The molecule has 0 amide bonds. The Morgan fingerprint density at radius 3 is 1.36 bits per heavy atom. The van der Waals surface area contributed by atoms with E-state index in [4.69, 9.17) is 55.7 Å². The Morgan fingerprint density at radius 1 is 0.714 bits per heavy atom. The molecule has 168 valence electrons. The zero-order chi connectivity index (χ0) is 22.7. The van der Waals surface area contributed by atoms with E-state index in [9.17, 15) is 14.2 Å². The van der Waals surface area contributed by atoms with Crippen molar-refractivity contribution >= 4 is 20.4 Å². The molecule has 0 spiro atoms. The second kappa shape index (κ2) is 14.1. The molecule has 28 heavy (non-hydrogen) atoms. The molecule has 0 bridgehead atoms. The summed E-state index contributed by atoms with van der Waals surface area (Å²) >= 11 is 0. The Hall–Kier alpha value is -0.910. The molecule has 16 heteroatoms. The predicted molar refractivity (Wildman–Crippen MR) is 85.3 cm³/mol. The number of hydrogen-bond donors (Lipinski definition) is 11. The lowest BCUT2D eigenvalue weighted by Gasteiger charge is -2.23. The number of phosphoric acid groups is 1. The highest BCUT2D eigenvalue weighted by Crippen LogP contribution is 2.35. The molecule has 0 aromatic carbocycles. The quantitative estimate of drug-likeness (QED) is 0.0993. The topological polar surface area (TPSA) is 283 Å². The first-order chi connectivity index (χ1) is 12.7. The minimum atomic E-state index is -4.80. The fourth-order valence-corrected chi connectivity index (χ4v) is 1.75. The predicted octanol–water partition coefficient (Wildman–Crippen LogP) is -6.64. The molecule has 11 N–H and O–H groups in total. The smallest absolute Gasteiger partial charge is 0.394 e. The molecule has 0 saturated heterocycles. The number of carbonyl (C=O) groups is 2. The fourth-order valence-electron chi connectivity index (χ4n) is 1.40. The molecule has 8 atom stereocenters. The molecule has 0 aliphatic heterocycles. The maximum absolute atomic E-state index is 10.2. The summed E-state index contributed by atoms with van der Waals surface area (Å²) in [7, 11) is -4.80. The van der Waals surface area contributed by atoms with Crippen molar-refractivity contribution < 1.29 is 74.4 Å². The van der Waals surface area contributed by atoms with Gasteiger partial charge in [-0.1, -0.05) is 0 Å². The van der Waals surface area contributed by atoms with Crippen molar-refractivity contribution in [3.63, 3.8) is 0 Å². The number of aldehydes is 2. The molecule has 0 radical (unpaired) electrons. The SMILES string of the molecule is O=C[C@@H](O)[C@@H](O)[C@H](O)[C@H](O)CO.O=C[C@@H](O)[C@@H](O)[C@H](O)[C@H](O)COP(=O)(O)O. The number of aliphatic hydroxyl groups excluding tert-OH is 9. The van der Waals surface area contributed by atoms with Gasteiger partial charge >= 0.3 is 7.82 Å². The zero-order valence-electron chi connectivity index (χ0n) is 14.2. The summed E-state index contributed by atoms with van der Waals surface area (Å²) in [5.74, 6) is 0. The van der Waals surface area contributed by atoms with E-state index in [1.807, 2.05) is 0 Å². The van der Waals surface area contributed by atoms with Gasteiger partial charge in [-0.2, -0.15) is 0 Å². The summed E-state index contributed by atoms with van der Waals surface area (Å²) in [6.07, 6.45) is -14.6. The van der Waals surface area contributed by atoms with E-state index < -0.39 is 69.9 Å². The molecule has 15 nitrogen and oxygen atoms in total. The van der Waals surface area contributed by atoms with E-state index in [1.54, 1.807) is 0 Å². The van der Waals surface area contributed by atoms with Crippen LogP contribution in [0.25, 0.3) is 0 Å². The molecule has 0 aliphatic rings. The fraction of sp³-hybridized carbons (Fsp3) is 0.833. The molecule has 0 saturated carbocycles. The second-order valence-corrected chi connectivity index (χ2v) is 6.56. The van der Waals surface area contributed by atoms with Crippen LogP contribution in [0.5, 0.6) is 0 Å². The summed E-state index contributed by atoms with van der Waals surface area (Å²) in [6.45, 7) is -1.72. The van der Waals surface area contributed by atoms with Crippen LogP contribution in [0.3, 0.4) is 0 Å². The molecule has 0 heterocycles. The monoisotopic (exact) mass is 440 g/mol. The van der Waals surface area contributed by atoms with Crippen LogP contribution in [-0.2, 0) is 18.7 Å². The molecular weight excluding hydrogens is 415 g/mol. The maximum atomic E-state index is 10.2. The van der Waals surface area contributed by atoms with Crippen LogP contribution in [0.2, 0.25) is 0 Å². The maximum Gasteiger partial charge on any atom is 0.469 e. The first-order valence-corrected chi connectivity index (χ1v) is 8.92. The third-order valence-corrected chi connectivity index (χ3v) is 3.55. The van der Waals surface area contributed by atoms with Gasteiger partial charge in [-0.05, 0) is 0 Å². The number of phosphoric ester groups is 1. The molecule has 0 fully saturated rings. The van der Waals surface area contributed by atoms with E-state index in [0.29, 0.717) is 0 Å². The number of rotatable bonds is 12. The summed E-state index contributed by atoms with van der Waals surface area (Å²) in [5, 5.41) is 79.6. The van der Waals surface area contributed by atoms with E-state index in [1.165, 1.54) is 0 Å². The Kier molecular flexibility index (Phi) is 14.8. The van der Waals surface area contributed by atoms with E-state index >= 15 is 0 Å². The lowest BCUT2D eigenvalue weighted by Crippen LogP contribution is -2.46. The van der Waals surface area contributed by atoms with Gasteiger partial charge in [0.25, 0.3) is 0 Å². The first-order valence-electron chi connectivity index (χ1n) is 7.39. The van der Waals surface area contributed by atoms with Crippen molar-refractivity contribution in [2.75, 3.05) is 13.2 Å². The summed E-state index contributed by atoms with van der Waals surface area (Å²) < 4.78 is 14.1. The molecular formula is C12H25O15P. The van der Waals surface area contributed by atoms with Crippen LogP contribution in [0.1, 0.15) is 0 Å². The van der Waals surface area contributed by atoms with E-state index in [-0.39, 0.29) is 12.6 Å². The van der Waals surface area contributed by atoms with Crippen LogP contribution in [-0.4, -0.2) is 130 Å². The van der Waals surface area contributed by atoms with Crippen molar-refractivity contribution in [3.05, 3.63) is 0 Å². The minimum Gasteiger partial charge on any atom is -0.394 e. The van der Waals surface area contributed by atoms with Gasteiger partial charge in [0.15, 0.2) is 12.6 Å². The highest BCUT2D eigenvalue weighted by atomic mass is 31.2. The Labute approximate surface area is 157 Å². The summed E-state index contributed by atoms with van der Waals surface area (Å²) in [4.78, 5) is 36.5. The first kappa shape index (κ1) is 29.3. The average Bonchev–Trinajstić information content (AvgIpc) is 2.67. The van der Waals surface area contributed by atoms with Crippen molar-refractivity contribution in [2.24, 2.45) is 0 Å². The van der Waals surface area contributed by atoms with Crippen LogP contribution < -0.4 is 0 Å². The van der Waals surface area contributed by atoms with Gasteiger partial charge in [-0.25, -0.2) is 4.57 Å². The summed E-state index contributed by atoms with van der Waals surface area (Å²) in [6, 6.07) is 0. The van der Waals surface area contributed by atoms with Crippen LogP contribution in [0, 0.1) is 0 Å². The van der Waals surface area contributed by atoms with Gasteiger partial charge < -0.3 is 65.3 Å². The van der Waals surface area contributed by atoms with Gasteiger partial charge in [-0.3, -0.25) is 4.52 Å². The van der Waals surface area contributed by atoms with Crippen molar-refractivity contribution in [1.29, 1.82) is 0 Å². The lowest BCUT2D eigenvalue weighted by atomic mass is 10.0. The Balaban J connectivity index is 0. The number of hydrogen-bond acceptors (Lipinski definition) is 13. The number of aliphatic hydroxyl groups is 9. The van der Waals surface area contributed by atoms with Crippen molar-refractivity contribution in [2.45, 2.75) is 48.8 Å². The molecule has 0 unspecified atom stereocenters. The number of carbonyl (C=O) groups excluding carboxylic acids is 2. The Morgan fingerprint density at radius 2 is 1.07 bits per heavy atom. The standard InChI is InChI=1S/C6H13O9P.C6H12O6/c7-1-3(8)5(10)6(11)4(9)2-15-16(12,13)14;7-1-3(9)5(11)6(12)4(10)2-8/h1,3-6,8-11H,2H2,(H2,12,13,14);1,3-6,8-12H,2H2/t2*3-,4-,5-,6-/m11/s1. The van der Waals surface area contributed by atoms with Crippen molar-refractivity contribution in [3.8, 4) is 0 Å². The van der Waals surface area contributed by atoms with Gasteiger partial charge in [0.2, 0.25) is 0 Å². The minimum absolute atomic E-state index is 0.0258. The van der Waals surface area contributed by atoms with Gasteiger partial charge in [0.05, 0.1) is 13.2 Å². The second-order valence-electron chi connectivity index (χ2n) is 5.32. The highest BCUT2D eigenvalue weighted by molar-refractivity contribution is 7.46. The van der Waals surface area contributed by atoms with Gasteiger partial charge in [0.1, 0.15) is 48.8 Å². The summed E-state index contributed by atoms with van der Waals surface area (Å²) in [5.41, 5.74) is 0. The zero-order valence-corrected chi connectivity index (χ0v) is 15.1. The molecule has 0 rings (SSSR count). The van der Waals surface area contributed by atoms with Crippen LogP contribution in [0.4, 0.5) is 0 Å². The molecule has 0 aromatic rings. The van der Waals surface area contributed by atoms with Crippen molar-refractivity contribution in [1.82, 2.24) is 0 Å². The largest absolute Gasteiger partial charge is 0.469 e. The van der Waals surface area contributed by atoms with Crippen LogP contribution in [0.15, 0.2) is 0 Å². The van der Waals surface area contributed by atoms with Crippen LogP contribution >= 0.6 is 7.82 Å². The van der Waals surface area contributed by atoms with Gasteiger partial charge in [0, 0.05) is 0 Å². The third-order valence-electron chi connectivity index (χ3n) is 3.07. The normalized spacial score (nSPS) is 20.4. The van der Waals surface area contributed by atoms with E-state index in [2.05, 4.69) is 4.52 Å². The Bertz CT molecular complexity index is 484. The lowest BCUT2D eigenvalue weighted by molar-refractivity contribution is -0.136. The highest BCUT2D eigenvalue weighted by Gasteiger charge is 2.32. The molecule has 0 aliphatic carbocycles.